The number of nitrogens with two attached hydrogens (primary N) is 1. The molecule has 0 aliphatic heterocycles. The fourth-order valence-corrected chi connectivity index (χ4v) is 3.19. The quantitative estimate of drug-likeness (QED) is 0.545. The third-order valence-corrected chi connectivity index (χ3v) is 4.67. The summed E-state index contributed by atoms with van der Waals surface area (Å²) in [5.74, 6) is 0.141. The second kappa shape index (κ2) is 11.7. The summed E-state index contributed by atoms with van der Waals surface area (Å²) in [6.45, 7) is 10.1. The van der Waals surface area contributed by atoms with Crippen LogP contribution < -0.4 is 15.8 Å². The lowest BCUT2D eigenvalue weighted by Crippen LogP contribution is -2.50. The van der Waals surface area contributed by atoms with Crippen molar-refractivity contribution in [1.29, 1.82) is 0 Å². The van der Waals surface area contributed by atoms with E-state index in [0.717, 1.165) is 16.9 Å². The third-order valence-electron chi connectivity index (χ3n) is 4.67. The van der Waals surface area contributed by atoms with E-state index in [4.69, 9.17) is 15.2 Å². The molecule has 0 saturated heterocycles. The van der Waals surface area contributed by atoms with E-state index in [0.29, 0.717) is 12.8 Å². The van der Waals surface area contributed by atoms with E-state index < -0.39 is 18.1 Å². The number of hydrogen-bond acceptors (Lipinski definition) is 5. The Bertz CT molecular complexity index is 858. The zero-order valence-electron chi connectivity index (χ0n) is 19.8. The summed E-state index contributed by atoms with van der Waals surface area (Å²) < 4.78 is 11.3. The molecule has 174 valence electrons. The number of rotatable bonds is 10. The molecule has 0 aliphatic rings. The van der Waals surface area contributed by atoms with Crippen LogP contribution in [0.1, 0.15) is 52.2 Å². The van der Waals surface area contributed by atoms with Crippen LogP contribution in [0.5, 0.6) is 5.75 Å². The van der Waals surface area contributed by atoms with Gasteiger partial charge in [-0.25, -0.2) is 4.79 Å². The van der Waals surface area contributed by atoms with E-state index in [2.05, 4.69) is 5.32 Å². The molecular formula is C26H36N2O4. The molecule has 2 aromatic rings. The lowest BCUT2D eigenvalue weighted by Gasteiger charge is -2.22. The molecule has 6 heteroatoms. The molecule has 2 aromatic carbocycles. The number of amides is 1. The molecule has 0 unspecified atom stereocenters. The molecule has 0 aromatic heterocycles. The Balaban J connectivity index is 1.93. The lowest BCUT2D eigenvalue weighted by molar-refractivity contribution is -0.149. The molecule has 3 N–H and O–H groups in total. The number of esters is 1. The fourth-order valence-electron chi connectivity index (χ4n) is 3.19. The van der Waals surface area contributed by atoms with Crippen LogP contribution in [0, 0.1) is 5.92 Å². The maximum atomic E-state index is 12.7. The summed E-state index contributed by atoms with van der Waals surface area (Å²) >= 11 is 0. The van der Waals surface area contributed by atoms with Crippen LogP contribution in [-0.2, 0) is 27.4 Å². The van der Waals surface area contributed by atoms with Gasteiger partial charge in [-0.3, -0.25) is 4.79 Å². The summed E-state index contributed by atoms with van der Waals surface area (Å²) in [4.78, 5) is 25.3. The van der Waals surface area contributed by atoms with Crippen LogP contribution in [-0.4, -0.2) is 29.6 Å². The monoisotopic (exact) mass is 440 g/mol. The van der Waals surface area contributed by atoms with E-state index >= 15 is 0 Å². The predicted octanol–water partition coefficient (Wildman–Crippen LogP) is 4.01. The SMILES string of the molecule is CC(C)C[C@H](NC(=O)[C@@H](N)Cc1ccc(OC(C)(C)C)cc1)C(=O)OCc1ccccc1. The minimum Gasteiger partial charge on any atom is -0.488 e. The first kappa shape index (κ1) is 25.4. The summed E-state index contributed by atoms with van der Waals surface area (Å²) in [5.41, 5.74) is 7.67. The Labute approximate surface area is 191 Å². The van der Waals surface area contributed by atoms with Crippen molar-refractivity contribution in [3.63, 3.8) is 0 Å². The minimum atomic E-state index is -0.777. The number of nitrogens with one attached hydrogen (secondary N) is 1. The Morgan fingerprint density at radius 2 is 1.59 bits per heavy atom. The van der Waals surface area contributed by atoms with Crippen LogP contribution in [0.25, 0.3) is 0 Å². The molecule has 0 spiro atoms. The highest BCUT2D eigenvalue weighted by Crippen LogP contribution is 2.19. The lowest BCUT2D eigenvalue weighted by atomic mass is 10.0. The zero-order chi connectivity index (χ0) is 23.7. The molecule has 2 rings (SSSR count). The smallest absolute Gasteiger partial charge is 0.328 e. The van der Waals surface area contributed by atoms with Gasteiger partial charge in [0.2, 0.25) is 5.91 Å². The number of ether oxygens (including phenoxy) is 2. The Kier molecular flexibility index (Phi) is 9.27. The number of benzene rings is 2. The van der Waals surface area contributed by atoms with Gasteiger partial charge < -0.3 is 20.5 Å². The van der Waals surface area contributed by atoms with Gasteiger partial charge in [0.05, 0.1) is 6.04 Å². The first-order chi connectivity index (χ1) is 15.0. The van der Waals surface area contributed by atoms with Crippen LogP contribution >= 0.6 is 0 Å². The molecule has 0 aliphatic carbocycles. The zero-order valence-corrected chi connectivity index (χ0v) is 19.8. The molecule has 0 heterocycles. The Morgan fingerprint density at radius 1 is 0.969 bits per heavy atom. The second-order valence-corrected chi connectivity index (χ2v) is 9.45. The van der Waals surface area contributed by atoms with Gasteiger partial charge in [-0.2, -0.15) is 0 Å². The van der Waals surface area contributed by atoms with Gasteiger partial charge in [-0.05, 0) is 62.8 Å². The van der Waals surface area contributed by atoms with Crippen molar-refractivity contribution in [3.8, 4) is 5.75 Å². The van der Waals surface area contributed by atoms with Gasteiger partial charge in [0.1, 0.15) is 24.0 Å². The molecule has 0 radical (unpaired) electrons. The molecule has 1 amide bonds. The molecule has 2 atom stereocenters. The maximum absolute atomic E-state index is 12.7. The average Bonchev–Trinajstić information content (AvgIpc) is 2.72. The van der Waals surface area contributed by atoms with E-state index in [1.165, 1.54) is 0 Å². The Hall–Kier alpha value is -2.86. The molecule has 6 nitrogen and oxygen atoms in total. The first-order valence-electron chi connectivity index (χ1n) is 11.1. The molecule has 0 fully saturated rings. The van der Waals surface area contributed by atoms with E-state index in [-0.39, 0.29) is 24.0 Å². The topological polar surface area (TPSA) is 90.7 Å². The van der Waals surface area contributed by atoms with Crippen molar-refractivity contribution in [3.05, 3.63) is 65.7 Å². The number of carbonyl (C=O) groups is 2. The molecule has 32 heavy (non-hydrogen) atoms. The molecule has 0 saturated carbocycles. The highest BCUT2D eigenvalue weighted by atomic mass is 16.5. The van der Waals surface area contributed by atoms with Crippen LogP contribution in [0.3, 0.4) is 0 Å². The summed E-state index contributed by atoms with van der Waals surface area (Å²) in [7, 11) is 0. The summed E-state index contributed by atoms with van der Waals surface area (Å²) in [5, 5.41) is 2.78. The van der Waals surface area contributed by atoms with Crippen LogP contribution in [0.15, 0.2) is 54.6 Å². The van der Waals surface area contributed by atoms with Gasteiger partial charge in [0, 0.05) is 0 Å². The number of carbonyl (C=O) groups excluding carboxylic acids is 2. The minimum absolute atomic E-state index is 0.166. The predicted molar refractivity (Wildman–Crippen MR) is 126 cm³/mol. The second-order valence-electron chi connectivity index (χ2n) is 9.45. The standard InChI is InChI=1S/C26H36N2O4/c1-18(2)15-23(25(30)31-17-20-9-7-6-8-10-20)28-24(29)22(27)16-19-11-13-21(14-12-19)32-26(3,4)5/h6-14,18,22-23H,15-17,27H2,1-5H3,(H,28,29)/t22-,23-/m0/s1. The van der Waals surface area contributed by atoms with Crippen LogP contribution in [0.4, 0.5) is 0 Å². The maximum Gasteiger partial charge on any atom is 0.328 e. The van der Waals surface area contributed by atoms with Crippen molar-refractivity contribution < 1.29 is 19.1 Å². The summed E-state index contributed by atoms with van der Waals surface area (Å²) in [6, 6.07) is 15.5. The van der Waals surface area contributed by atoms with E-state index in [1.54, 1.807) is 0 Å². The van der Waals surface area contributed by atoms with Crippen molar-refractivity contribution in [2.45, 2.75) is 71.8 Å². The van der Waals surface area contributed by atoms with Crippen molar-refractivity contribution >= 4 is 11.9 Å². The highest BCUT2D eigenvalue weighted by molar-refractivity contribution is 5.87. The van der Waals surface area contributed by atoms with Crippen LogP contribution in [0.2, 0.25) is 0 Å². The van der Waals surface area contributed by atoms with Gasteiger partial charge in [0.15, 0.2) is 0 Å². The van der Waals surface area contributed by atoms with E-state index in [9.17, 15) is 9.59 Å². The average molecular weight is 441 g/mol. The normalized spacial score (nSPS) is 13.3. The van der Waals surface area contributed by atoms with Crippen molar-refractivity contribution in [2.24, 2.45) is 11.7 Å². The van der Waals surface area contributed by atoms with Gasteiger partial charge >= 0.3 is 5.97 Å². The fraction of sp³-hybridized carbons (Fsp3) is 0.462. The van der Waals surface area contributed by atoms with Crippen molar-refractivity contribution in [2.75, 3.05) is 0 Å². The summed E-state index contributed by atoms with van der Waals surface area (Å²) in [6.07, 6.45) is 0.833. The molecular weight excluding hydrogens is 404 g/mol. The Morgan fingerprint density at radius 3 is 2.16 bits per heavy atom. The number of hydrogen-bond donors (Lipinski definition) is 2. The van der Waals surface area contributed by atoms with Gasteiger partial charge in [-0.1, -0.05) is 56.3 Å². The van der Waals surface area contributed by atoms with Crippen molar-refractivity contribution in [1.82, 2.24) is 5.32 Å². The highest BCUT2D eigenvalue weighted by Gasteiger charge is 2.26. The molecule has 0 bridgehead atoms. The van der Waals surface area contributed by atoms with Gasteiger partial charge in [0.25, 0.3) is 0 Å². The third kappa shape index (κ3) is 9.10. The van der Waals surface area contributed by atoms with Gasteiger partial charge in [-0.15, -0.1) is 0 Å². The van der Waals surface area contributed by atoms with E-state index in [1.807, 2.05) is 89.2 Å². The first-order valence-corrected chi connectivity index (χ1v) is 11.1. The largest absolute Gasteiger partial charge is 0.488 e.